The highest BCUT2D eigenvalue weighted by Gasteiger charge is 2.19. The minimum atomic E-state index is -3.55. The number of hydrogen-bond donors (Lipinski definition) is 0. The molecular weight excluding hydrogens is 263 g/mol. The summed E-state index contributed by atoms with van der Waals surface area (Å²) in [6.07, 6.45) is 0.945. The van der Waals surface area contributed by atoms with Crippen molar-refractivity contribution in [1.29, 1.82) is 0 Å². The van der Waals surface area contributed by atoms with Gasteiger partial charge in [-0.2, -0.15) is 0 Å². The van der Waals surface area contributed by atoms with E-state index in [1.165, 1.54) is 6.92 Å². The van der Waals surface area contributed by atoms with Crippen LogP contribution in [0.15, 0.2) is 5.16 Å². The smallest absolute Gasteiger partial charge is 0.257 e. The molecule has 0 saturated heterocycles. The van der Waals surface area contributed by atoms with Gasteiger partial charge in [0.15, 0.2) is 0 Å². The number of aromatic nitrogens is 2. The van der Waals surface area contributed by atoms with Gasteiger partial charge in [0.05, 0.1) is 11.3 Å². The van der Waals surface area contributed by atoms with Crippen LogP contribution in [-0.4, -0.2) is 29.9 Å². The van der Waals surface area contributed by atoms with Gasteiger partial charge in [-0.05, 0) is 18.5 Å². The van der Waals surface area contributed by atoms with Gasteiger partial charge in [0.2, 0.25) is 15.0 Å². The Kier molecular flexibility index (Phi) is 3.32. The van der Waals surface area contributed by atoms with Crippen LogP contribution in [0, 0.1) is 6.92 Å². The lowest BCUT2D eigenvalue weighted by molar-refractivity contribution is 0.108. The normalized spacial score (nSPS) is 11.5. The molecule has 15 heavy (non-hydrogen) atoms. The van der Waals surface area contributed by atoms with Crippen molar-refractivity contribution in [1.82, 2.24) is 9.97 Å². The summed E-state index contributed by atoms with van der Waals surface area (Å²) in [5.41, 5.74) is 0.0566. The van der Waals surface area contributed by atoms with E-state index in [1.54, 1.807) is 0 Å². The van der Waals surface area contributed by atoms with E-state index in [0.717, 1.165) is 6.26 Å². The Morgan fingerprint density at radius 3 is 2.20 bits per heavy atom. The van der Waals surface area contributed by atoms with Crippen molar-refractivity contribution in [2.75, 3.05) is 6.26 Å². The third kappa shape index (κ3) is 2.64. The molecule has 1 aromatic heterocycles. The Morgan fingerprint density at radius 2 is 1.87 bits per heavy atom. The van der Waals surface area contributed by atoms with Crippen molar-refractivity contribution in [3.63, 3.8) is 0 Å². The second-order valence-corrected chi connectivity index (χ2v) is 5.41. The topological polar surface area (TPSA) is 77.0 Å². The molecule has 0 N–H and O–H groups in total. The molecule has 0 spiro atoms. The van der Waals surface area contributed by atoms with Gasteiger partial charge < -0.3 is 0 Å². The van der Waals surface area contributed by atoms with Gasteiger partial charge in [0.25, 0.3) is 5.24 Å². The summed E-state index contributed by atoms with van der Waals surface area (Å²) in [7, 11) is -3.55. The zero-order valence-electron chi connectivity index (χ0n) is 7.78. The lowest BCUT2D eigenvalue weighted by Crippen LogP contribution is -2.09. The van der Waals surface area contributed by atoms with Gasteiger partial charge in [-0.1, -0.05) is 11.6 Å². The molecule has 0 aliphatic heterocycles. The van der Waals surface area contributed by atoms with Gasteiger partial charge in [-0.3, -0.25) is 4.79 Å². The fourth-order valence-electron chi connectivity index (χ4n) is 0.903. The Hall–Kier alpha value is -0.720. The van der Waals surface area contributed by atoms with Gasteiger partial charge in [0, 0.05) is 6.26 Å². The van der Waals surface area contributed by atoms with E-state index in [2.05, 4.69) is 9.97 Å². The van der Waals surface area contributed by atoms with Gasteiger partial charge in [-0.25, -0.2) is 18.4 Å². The molecule has 1 rings (SSSR count). The zero-order chi connectivity index (χ0) is 11.8. The first-order valence-corrected chi connectivity index (χ1v) is 6.32. The molecule has 0 unspecified atom stereocenters. The summed E-state index contributed by atoms with van der Waals surface area (Å²) in [6.45, 7) is 1.43. The van der Waals surface area contributed by atoms with Crippen LogP contribution in [-0.2, 0) is 9.84 Å². The minimum Gasteiger partial charge on any atom is -0.275 e. The van der Waals surface area contributed by atoms with E-state index in [9.17, 15) is 13.2 Å². The van der Waals surface area contributed by atoms with Crippen LogP contribution in [0.5, 0.6) is 0 Å². The van der Waals surface area contributed by atoms with Gasteiger partial charge in [0.1, 0.15) is 5.15 Å². The fraction of sp³-hybridized carbons (Fsp3) is 0.286. The molecule has 1 heterocycles. The molecule has 0 atom stereocenters. The Bertz CT molecular complexity index is 504. The first-order valence-electron chi connectivity index (χ1n) is 3.67. The number of carbonyl (C=O) groups excluding carboxylic acids is 1. The molecule has 8 heteroatoms. The van der Waals surface area contributed by atoms with Crippen molar-refractivity contribution >= 4 is 38.3 Å². The molecule has 0 aliphatic rings. The SMILES string of the molecule is Cc1nc(S(C)(=O)=O)nc(Cl)c1C(=O)Cl. The van der Waals surface area contributed by atoms with Crippen LogP contribution in [0.2, 0.25) is 5.15 Å². The largest absolute Gasteiger partial charge is 0.275 e. The van der Waals surface area contributed by atoms with Crippen molar-refractivity contribution in [3.8, 4) is 0 Å². The monoisotopic (exact) mass is 268 g/mol. The Labute approximate surface area is 96.4 Å². The molecule has 5 nitrogen and oxygen atoms in total. The van der Waals surface area contributed by atoms with Crippen molar-refractivity contribution in [2.45, 2.75) is 12.1 Å². The number of carbonyl (C=O) groups is 1. The maximum Gasteiger partial charge on any atom is 0.257 e. The molecule has 0 radical (unpaired) electrons. The first kappa shape index (κ1) is 12.4. The van der Waals surface area contributed by atoms with E-state index >= 15 is 0 Å². The molecule has 0 bridgehead atoms. The summed E-state index contributed by atoms with van der Waals surface area (Å²) >= 11 is 10.8. The molecule has 0 aliphatic carbocycles. The third-order valence-electron chi connectivity index (χ3n) is 1.55. The quantitative estimate of drug-likeness (QED) is 0.458. The number of aryl methyl sites for hydroxylation is 1. The zero-order valence-corrected chi connectivity index (χ0v) is 10.1. The summed E-state index contributed by atoms with van der Waals surface area (Å²) < 4.78 is 22.2. The number of hydrogen-bond acceptors (Lipinski definition) is 5. The number of nitrogens with zero attached hydrogens (tertiary/aromatic N) is 2. The first-order chi connectivity index (χ1) is 6.73. The van der Waals surface area contributed by atoms with E-state index in [4.69, 9.17) is 23.2 Å². The summed E-state index contributed by atoms with van der Waals surface area (Å²) in [5, 5.41) is -1.51. The predicted octanol–water partition coefficient (Wildman–Crippen LogP) is 1.22. The number of rotatable bonds is 2. The van der Waals surface area contributed by atoms with E-state index < -0.39 is 20.2 Å². The molecule has 0 fully saturated rings. The maximum absolute atomic E-state index is 11.1. The predicted molar refractivity (Wildman–Crippen MR) is 55.1 cm³/mol. The average molecular weight is 269 g/mol. The average Bonchev–Trinajstić information content (AvgIpc) is 1.99. The minimum absolute atomic E-state index is 0.0780. The van der Waals surface area contributed by atoms with Crippen LogP contribution < -0.4 is 0 Å². The Morgan fingerprint density at radius 1 is 1.33 bits per heavy atom. The highest BCUT2D eigenvalue weighted by Crippen LogP contribution is 2.19. The van der Waals surface area contributed by atoms with Crippen LogP contribution >= 0.6 is 23.2 Å². The standard InChI is InChI=1S/C7H6Cl2N2O3S/c1-3-4(6(9)12)5(8)11-7(10-3)15(2,13)14/h1-2H3. The molecular formula is C7H6Cl2N2O3S. The van der Waals surface area contributed by atoms with Crippen molar-refractivity contribution in [2.24, 2.45) is 0 Å². The van der Waals surface area contributed by atoms with Crippen molar-refractivity contribution < 1.29 is 13.2 Å². The van der Waals surface area contributed by atoms with E-state index in [1.807, 2.05) is 0 Å². The third-order valence-corrected chi connectivity index (χ3v) is 2.86. The molecule has 82 valence electrons. The van der Waals surface area contributed by atoms with E-state index in [0.29, 0.717) is 0 Å². The van der Waals surface area contributed by atoms with Crippen LogP contribution in [0.1, 0.15) is 16.1 Å². The van der Waals surface area contributed by atoms with Gasteiger partial charge in [-0.15, -0.1) is 0 Å². The second kappa shape index (κ2) is 4.03. The van der Waals surface area contributed by atoms with Crippen LogP contribution in [0.3, 0.4) is 0 Å². The second-order valence-electron chi connectivity index (χ2n) is 2.80. The number of halogens is 2. The fourth-order valence-corrected chi connectivity index (χ4v) is 2.09. The molecule has 0 aromatic carbocycles. The molecule has 0 amide bonds. The van der Waals surface area contributed by atoms with Crippen molar-refractivity contribution in [3.05, 3.63) is 16.4 Å². The van der Waals surface area contributed by atoms with E-state index in [-0.39, 0.29) is 16.4 Å². The Balaban J connectivity index is 3.52. The number of sulfone groups is 1. The van der Waals surface area contributed by atoms with Crippen LogP contribution in [0.4, 0.5) is 0 Å². The molecule has 0 saturated carbocycles. The lowest BCUT2D eigenvalue weighted by atomic mass is 10.3. The van der Waals surface area contributed by atoms with Gasteiger partial charge >= 0.3 is 0 Å². The highest BCUT2D eigenvalue weighted by molar-refractivity contribution is 7.90. The summed E-state index contributed by atoms with van der Waals surface area (Å²) in [6, 6.07) is 0. The summed E-state index contributed by atoms with van der Waals surface area (Å²) in [4.78, 5) is 18.0. The summed E-state index contributed by atoms with van der Waals surface area (Å²) in [5.74, 6) is 0. The highest BCUT2D eigenvalue weighted by atomic mass is 35.5. The molecule has 1 aromatic rings. The lowest BCUT2D eigenvalue weighted by Gasteiger charge is -2.04. The maximum atomic E-state index is 11.1. The van der Waals surface area contributed by atoms with Crippen LogP contribution in [0.25, 0.3) is 0 Å².